The van der Waals surface area contributed by atoms with E-state index in [0.717, 1.165) is 12.1 Å². The van der Waals surface area contributed by atoms with Crippen molar-refractivity contribution in [3.63, 3.8) is 0 Å². The summed E-state index contributed by atoms with van der Waals surface area (Å²) in [6, 6.07) is 3.51. The molecule has 1 aromatic heterocycles. The topological polar surface area (TPSA) is 30.7 Å². The Bertz CT molecular complexity index is 489. The molecular weight excluding hydrogens is 219 g/mol. The maximum absolute atomic E-state index is 12.4. The minimum Gasteiger partial charge on any atom is -0.223 e. The second kappa shape index (κ2) is 3.62. The van der Waals surface area contributed by atoms with E-state index in [0.29, 0.717) is 11.3 Å². The maximum Gasteiger partial charge on any atom is 0.416 e. The van der Waals surface area contributed by atoms with Crippen LogP contribution in [0, 0.1) is 6.92 Å². The van der Waals surface area contributed by atoms with Crippen LogP contribution in [0.25, 0.3) is 5.69 Å². The molecule has 0 N–H and O–H groups in total. The largest absolute Gasteiger partial charge is 0.416 e. The predicted octanol–water partition coefficient (Wildman–Crippen LogP) is 2.59. The summed E-state index contributed by atoms with van der Waals surface area (Å²) in [6.45, 7) is 1.60. The molecule has 84 valence electrons. The molecule has 0 amide bonds. The summed E-state index contributed by atoms with van der Waals surface area (Å²) >= 11 is 0. The van der Waals surface area contributed by atoms with Crippen molar-refractivity contribution >= 4 is 0 Å². The van der Waals surface area contributed by atoms with Gasteiger partial charge < -0.3 is 0 Å². The lowest BCUT2D eigenvalue weighted by atomic mass is 10.1. The van der Waals surface area contributed by atoms with Gasteiger partial charge in [-0.25, -0.2) is 9.67 Å². The molecule has 0 aliphatic rings. The number of alkyl halides is 3. The van der Waals surface area contributed by atoms with Gasteiger partial charge in [-0.2, -0.15) is 18.3 Å². The second-order valence-electron chi connectivity index (χ2n) is 3.34. The SMILES string of the molecule is Cc1cc(C(F)(F)F)ccc1-n1cncn1. The highest BCUT2D eigenvalue weighted by Gasteiger charge is 2.30. The number of nitrogens with zero attached hydrogens (tertiary/aromatic N) is 3. The fourth-order valence-corrected chi connectivity index (χ4v) is 1.42. The highest BCUT2D eigenvalue weighted by atomic mass is 19.4. The molecule has 0 bridgehead atoms. The standard InChI is InChI=1S/C10H8F3N3/c1-7-4-8(10(11,12)13)2-3-9(7)16-6-14-5-15-16/h2-6H,1H3. The Morgan fingerprint density at radius 1 is 1.25 bits per heavy atom. The third-order valence-corrected chi connectivity index (χ3v) is 2.19. The van der Waals surface area contributed by atoms with Crippen molar-refractivity contribution in [2.24, 2.45) is 0 Å². The van der Waals surface area contributed by atoms with Gasteiger partial charge in [-0.05, 0) is 30.7 Å². The van der Waals surface area contributed by atoms with E-state index in [4.69, 9.17) is 0 Å². The van der Waals surface area contributed by atoms with Crippen molar-refractivity contribution < 1.29 is 13.2 Å². The first-order valence-electron chi connectivity index (χ1n) is 4.51. The molecule has 0 saturated heterocycles. The van der Waals surface area contributed by atoms with E-state index in [9.17, 15) is 13.2 Å². The molecule has 0 atom stereocenters. The molecule has 0 saturated carbocycles. The molecule has 0 spiro atoms. The van der Waals surface area contributed by atoms with Crippen LogP contribution in [0.15, 0.2) is 30.9 Å². The van der Waals surface area contributed by atoms with Crippen molar-refractivity contribution in [1.82, 2.24) is 14.8 Å². The predicted molar refractivity (Wildman–Crippen MR) is 51.1 cm³/mol. The molecule has 0 radical (unpaired) electrons. The summed E-state index contributed by atoms with van der Waals surface area (Å²) in [5.41, 5.74) is 0.430. The van der Waals surface area contributed by atoms with Crippen LogP contribution in [-0.4, -0.2) is 14.8 Å². The Kier molecular flexibility index (Phi) is 2.41. The number of aryl methyl sites for hydroxylation is 1. The van der Waals surface area contributed by atoms with E-state index in [1.165, 1.54) is 23.4 Å². The van der Waals surface area contributed by atoms with E-state index in [-0.39, 0.29) is 0 Å². The number of benzene rings is 1. The van der Waals surface area contributed by atoms with Gasteiger partial charge >= 0.3 is 6.18 Å². The monoisotopic (exact) mass is 227 g/mol. The lowest BCUT2D eigenvalue weighted by molar-refractivity contribution is -0.137. The van der Waals surface area contributed by atoms with E-state index < -0.39 is 11.7 Å². The Balaban J connectivity index is 2.46. The van der Waals surface area contributed by atoms with Gasteiger partial charge in [0.25, 0.3) is 0 Å². The summed E-state index contributed by atoms with van der Waals surface area (Å²) in [5, 5.41) is 3.86. The zero-order valence-electron chi connectivity index (χ0n) is 8.36. The lowest BCUT2D eigenvalue weighted by Crippen LogP contribution is -2.06. The first-order chi connectivity index (χ1) is 7.48. The number of hydrogen-bond acceptors (Lipinski definition) is 2. The molecule has 0 unspecified atom stereocenters. The lowest BCUT2D eigenvalue weighted by Gasteiger charge is -2.10. The van der Waals surface area contributed by atoms with E-state index >= 15 is 0 Å². The highest BCUT2D eigenvalue weighted by Crippen LogP contribution is 2.30. The molecule has 16 heavy (non-hydrogen) atoms. The van der Waals surface area contributed by atoms with Crippen LogP contribution in [0.4, 0.5) is 13.2 Å². The number of halogens is 3. The maximum atomic E-state index is 12.4. The molecule has 3 nitrogen and oxygen atoms in total. The average Bonchev–Trinajstić information content (AvgIpc) is 2.69. The fraction of sp³-hybridized carbons (Fsp3) is 0.200. The molecule has 2 rings (SSSR count). The fourth-order valence-electron chi connectivity index (χ4n) is 1.42. The third-order valence-electron chi connectivity index (χ3n) is 2.19. The van der Waals surface area contributed by atoms with Crippen LogP contribution in [0.5, 0.6) is 0 Å². The summed E-state index contributed by atoms with van der Waals surface area (Å²) in [6.07, 6.45) is -1.54. The van der Waals surface area contributed by atoms with Gasteiger partial charge in [-0.15, -0.1) is 0 Å². The van der Waals surface area contributed by atoms with Crippen LogP contribution in [0.3, 0.4) is 0 Å². The minimum absolute atomic E-state index is 0.500. The van der Waals surface area contributed by atoms with Gasteiger partial charge in [-0.1, -0.05) is 0 Å². The number of rotatable bonds is 1. The van der Waals surface area contributed by atoms with E-state index in [1.54, 1.807) is 6.92 Å². The van der Waals surface area contributed by atoms with Crippen LogP contribution in [0.1, 0.15) is 11.1 Å². The molecular formula is C10H8F3N3. The zero-order chi connectivity index (χ0) is 11.8. The van der Waals surface area contributed by atoms with Crippen LogP contribution < -0.4 is 0 Å². The number of aromatic nitrogens is 3. The normalized spacial score (nSPS) is 11.8. The number of hydrogen-bond donors (Lipinski definition) is 0. The molecule has 0 fully saturated rings. The van der Waals surface area contributed by atoms with Crippen LogP contribution >= 0.6 is 0 Å². The Hall–Kier alpha value is -1.85. The Morgan fingerprint density at radius 2 is 2.00 bits per heavy atom. The summed E-state index contributed by atoms with van der Waals surface area (Å²) in [4.78, 5) is 3.74. The van der Waals surface area contributed by atoms with Crippen LogP contribution in [0.2, 0.25) is 0 Å². The first-order valence-corrected chi connectivity index (χ1v) is 4.51. The molecule has 2 aromatic rings. The molecule has 0 aliphatic heterocycles. The summed E-state index contributed by atoms with van der Waals surface area (Å²) < 4.78 is 38.6. The van der Waals surface area contributed by atoms with E-state index in [1.807, 2.05) is 0 Å². The van der Waals surface area contributed by atoms with Gasteiger partial charge in [0.1, 0.15) is 12.7 Å². The smallest absolute Gasteiger partial charge is 0.223 e. The molecule has 0 aliphatic carbocycles. The van der Waals surface area contributed by atoms with Gasteiger partial charge in [0, 0.05) is 0 Å². The quantitative estimate of drug-likeness (QED) is 0.749. The zero-order valence-corrected chi connectivity index (χ0v) is 8.36. The molecule has 1 heterocycles. The highest BCUT2D eigenvalue weighted by molar-refractivity contribution is 5.42. The summed E-state index contributed by atoms with van der Waals surface area (Å²) in [7, 11) is 0. The van der Waals surface area contributed by atoms with Crippen molar-refractivity contribution in [2.75, 3.05) is 0 Å². The first kappa shape index (κ1) is 10.7. The van der Waals surface area contributed by atoms with Crippen molar-refractivity contribution in [3.8, 4) is 5.69 Å². The summed E-state index contributed by atoms with van der Waals surface area (Å²) in [5.74, 6) is 0. The van der Waals surface area contributed by atoms with Crippen molar-refractivity contribution in [1.29, 1.82) is 0 Å². The molecule has 6 heteroatoms. The van der Waals surface area contributed by atoms with Crippen LogP contribution in [-0.2, 0) is 6.18 Å². The van der Waals surface area contributed by atoms with Crippen molar-refractivity contribution in [2.45, 2.75) is 13.1 Å². The van der Waals surface area contributed by atoms with Gasteiger partial charge in [0.05, 0.1) is 11.3 Å². The molecule has 1 aromatic carbocycles. The minimum atomic E-state index is -4.31. The Morgan fingerprint density at radius 3 is 2.50 bits per heavy atom. The Labute approximate surface area is 89.5 Å². The van der Waals surface area contributed by atoms with Gasteiger partial charge in [0.15, 0.2) is 0 Å². The van der Waals surface area contributed by atoms with Crippen molar-refractivity contribution in [3.05, 3.63) is 42.0 Å². The van der Waals surface area contributed by atoms with Gasteiger partial charge in [0.2, 0.25) is 0 Å². The second-order valence-corrected chi connectivity index (χ2v) is 3.34. The van der Waals surface area contributed by atoms with Gasteiger partial charge in [-0.3, -0.25) is 0 Å². The van der Waals surface area contributed by atoms with E-state index in [2.05, 4.69) is 10.1 Å². The third kappa shape index (κ3) is 1.91. The average molecular weight is 227 g/mol.